The summed E-state index contributed by atoms with van der Waals surface area (Å²) in [6.45, 7) is 0. The van der Waals surface area contributed by atoms with Crippen LogP contribution in [-0.2, 0) is 0 Å². The van der Waals surface area contributed by atoms with Crippen molar-refractivity contribution in [1.29, 1.82) is 0 Å². The lowest BCUT2D eigenvalue weighted by molar-refractivity contribution is 0.149. The summed E-state index contributed by atoms with van der Waals surface area (Å²) >= 11 is 0. The van der Waals surface area contributed by atoms with E-state index in [4.69, 9.17) is 10.5 Å². The molecule has 4 N–H and O–H groups in total. The van der Waals surface area contributed by atoms with Gasteiger partial charge >= 0.3 is 0 Å². The van der Waals surface area contributed by atoms with Gasteiger partial charge in [0.05, 0.1) is 5.69 Å². The number of benzene rings is 1. The third-order valence-corrected chi connectivity index (χ3v) is 3.78. The molecule has 1 saturated carbocycles. The Hall–Kier alpha value is -2.50. The van der Waals surface area contributed by atoms with Gasteiger partial charge in [-0.15, -0.1) is 0 Å². The van der Waals surface area contributed by atoms with Crippen molar-refractivity contribution in [3.05, 3.63) is 36.7 Å². The molecule has 116 valence electrons. The van der Waals surface area contributed by atoms with Crippen LogP contribution >= 0.6 is 0 Å². The number of aromatic nitrogens is 2. The summed E-state index contributed by atoms with van der Waals surface area (Å²) in [4.78, 5) is 8.32. The molecule has 0 unspecified atom stereocenters. The van der Waals surface area contributed by atoms with Crippen molar-refractivity contribution < 1.29 is 4.74 Å². The molecular formula is C16H21N5O. The van der Waals surface area contributed by atoms with Gasteiger partial charge in [0.25, 0.3) is 0 Å². The molecule has 2 aromatic rings. The van der Waals surface area contributed by atoms with Crippen LogP contribution in [0.2, 0.25) is 0 Å². The molecule has 0 atom stereocenters. The number of rotatable bonds is 5. The maximum absolute atomic E-state index is 6.11. The van der Waals surface area contributed by atoms with Crippen LogP contribution in [0.25, 0.3) is 0 Å². The molecule has 0 amide bonds. The quantitative estimate of drug-likeness (QED) is 0.735. The summed E-state index contributed by atoms with van der Waals surface area (Å²) in [7, 11) is 0. The molecule has 0 spiro atoms. The van der Waals surface area contributed by atoms with Gasteiger partial charge in [-0.2, -0.15) is 4.98 Å². The smallest absolute Gasteiger partial charge is 0.242 e. The van der Waals surface area contributed by atoms with Gasteiger partial charge in [0.15, 0.2) is 5.82 Å². The molecule has 1 heterocycles. The number of nitrogens with two attached hydrogens (primary N) is 1. The Kier molecular flexibility index (Phi) is 4.58. The summed E-state index contributed by atoms with van der Waals surface area (Å²) in [6, 6.07) is 9.75. The standard InChI is InChI=1S/C16H21N5O/c17-14-15(21-20-12-7-3-1-4-8-12)18-11-19-16(14)22-13-9-5-2-6-10-13/h1,3-4,7-8,11,13,20H,2,5-6,9-10,17H2,(H,18,19,21). The third-order valence-electron chi connectivity index (χ3n) is 3.78. The SMILES string of the molecule is Nc1c(NNc2ccccc2)ncnc1OC1CCCCC1. The molecule has 22 heavy (non-hydrogen) atoms. The lowest BCUT2D eigenvalue weighted by Crippen LogP contribution is -2.21. The predicted molar refractivity (Wildman–Crippen MR) is 87.6 cm³/mol. The second-order valence-corrected chi connectivity index (χ2v) is 5.43. The second-order valence-electron chi connectivity index (χ2n) is 5.43. The number of hydrogen-bond acceptors (Lipinski definition) is 6. The highest BCUT2D eigenvalue weighted by molar-refractivity contribution is 5.68. The number of para-hydroxylation sites is 1. The first kappa shape index (κ1) is 14.4. The zero-order valence-electron chi connectivity index (χ0n) is 12.5. The van der Waals surface area contributed by atoms with Crippen LogP contribution < -0.4 is 21.3 Å². The Labute approximate surface area is 130 Å². The van der Waals surface area contributed by atoms with Crippen LogP contribution in [0.5, 0.6) is 5.88 Å². The van der Waals surface area contributed by atoms with Crippen molar-refractivity contribution in [3.8, 4) is 5.88 Å². The molecule has 1 fully saturated rings. The Bertz CT molecular complexity index is 599. The normalized spacial score (nSPS) is 15.3. The molecule has 0 aliphatic heterocycles. The number of ether oxygens (including phenoxy) is 1. The van der Waals surface area contributed by atoms with E-state index in [2.05, 4.69) is 20.8 Å². The minimum absolute atomic E-state index is 0.209. The molecule has 1 aromatic carbocycles. The summed E-state index contributed by atoms with van der Waals surface area (Å²) in [6.07, 6.45) is 7.49. The summed E-state index contributed by atoms with van der Waals surface area (Å²) in [5, 5.41) is 0. The van der Waals surface area contributed by atoms with Crippen LogP contribution in [0, 0.1) is 0 Å². The van der Waals surface area contributed by atoms with E-state index in [9.17, 15) is 0 Å². The van der Waals surface area contributed by atoms with Crippen molar-refractivity contribution in [1.82, 2.24) is 9.97 Å². The Balaban J connectivity index is 1.66. The molecule has 6 heteroatoms. The van der Waals surface area contributed by atoms with E-state index in [0.29, 0.717) is 17.4 Å². The lowest BCUT2D eigenvalue weighted by atomic mass is 9.98. The molecule has 3 rings (SSSR count). The highest BCUT2D eigenvalue weighted by Gasteiger charge is 2.18. The minimum atomic E-state index is 0.209. The monoisotopic (exact) mass is 299 g/mol. The number of anilines is 3. The highest BCUT2D eigenvalue weighted by atomic mass is 16.5. The summed E-state index contributed by atoms with van der Waals surface area (Å²) in [5.41, 5.74) is 13.5. The molecule has 1 aliphatic carbocycles. The number of nitrogens with one attached hydrogen (secondary N) is 2. The maximum atomic E-state index is 6.11. The maximum Gasteiger partial charge on any atom is 0.242 e. The van der Waals surface area contributed by atoms with Crippen molar-refractivity contribution in [2.75, 3.05) is 16.6 Å². The first-order valence-corrected chi connectivity index (χ1v) is 7.67. The van der Waals surface area contributed by atoms with Crippen LogP contribution in [0.3, 0.4) is 0 Å². The summed E-state index contributed by atoms with van der Waals surface area (Å²) < 4.78 is 5.93. The fourth-order valence-electron chi connectivity index (χ4n) is 2.57. The van der Waals surface area contributed by atoms with Gasteiger partial charge in [-0.1, -0.05) is 24.6 Å². The second kappa shape index (κ2) is 6.98. The Morgan fingerprint density at radius 1 is 1.00 bits per heavy atom. The van der Waals surface area contributed by atoms with Crippen LogP contribution in [0.4, 0.5) is 17.2 Å². The van der Waals surface area contributed by atoms with E-state index in [1.807, 2.05) is 30.3 Å². The minimum Gasteiger partial charge on any atom is -0.473 e. The zero-order chi connectivity index (χ0) is 15.2. The molecule has 6 nitrogen and oxygen atoms in total. The van der Waals surface area contributed by atoms with Crippen LogP contribution in [-0.4, -0.2) is 16.1 Å². The van der Waals surface area contributed by atoms with Crippen molar-refractivity contribution in [2.24, 2.45) is 0 Å². The number of nitrogens with zero attached hydrogens (tertiary/aromatic N) is 2. The van der Waals surface area contributed by atoms with Gasteiger partial charge in [0.2, 0.25) is 5.88 Å². The molecule has 0 saturated heterocycles. The van der Waals surface area contributed by atoms with Gasteiger partial charge in [-0.05, 0) is 37.8 Å². The van der Waals surface area contributed by atoms with E-state index in [1.54, 1.807) is 0 Å². The summed E-state index contributed by atoms with van der Waals surface area (Å²) in [5.74, 6) is 0.976. The first-order valence-electron chi connectivity index (χ1n) is 7.67. The molecule has 1 aromatic heterocycles. The largest absolute Gasteiger partial charge is 0.473 e. The van der Waals surface area contributed by atoms with Gasteiger partial charge in [0.1, 0.15) is 18.1 Å². The molecule has 1 aliphatic rings. The van der Waals surface area contributed by atoms with Crippen LogP contribution in [0.15, 0.2) is 36.7 Å². The highest BCUT2D eigenvalue weighted by Crippen LogP contribution is 2.29. The molecular weight excluding hydrogens is 278 g/mol. The fourth-order valence-corrected chi connectivity index (χ4v) is 2.57. The predicted octanol–water partition coefficient (Wildman–Crippen LogP) is 3.21. The average Bonchev–Trinajstić information content (AvgIpc) is 2.58. The van der Waals surface area contributed by atoms with Gasteiger partial charge in [-0.3, -0.25) is 10.9 Å². The van der Waals surface area contributed by atoms with Gasteiger partial charge < -0.3 is 10.5 Å². The third kappa shape index (κ3) is 3.58. The van der Waals surface area contributed by atoms with E-state index in [1.165, 1.54) is 25.6 Å². The first-order chi connectivity index (χ1) is 10.8. The van der Waals surface area contributed by atoms with Crippen molar-refractivity contribution in [2.45, 2.75) is 38.2 Å². The van der Waals surface area contributed by atoms with Crippen molar-refractivity contribution in [3.63, 3.8) is 0 Å². The Morgan fingerprint density at radius 3 is 2.55 bits per heavy atom. The number of nitrogen functional groups attached to an aromatic ring is 1. The number of hydrazine groups is 1. The topological polar surface area (TPSA) is 85.1 Å². The van der Waals surface area contributed by atoms with Crippen molar-refractivity contribution >= 4 is 17.2 Å². The van der Waals surface area contributed by atoms with E-state index in [-0.39, 0.29) is 6.10 Å². The molecule has 0 bridgehead atoms. The average molecular weight is 299 g/mol. The van der Waals surface area contributed by atoms with E-state index in [0.717, 1.165) is 18.5 Å². The Morgan fingerprint density at radius 2 is 1.77 bits per heavy atom. The van der Waals surface area contributed by atoms with Gasteiger partial charge in [0, 0.05) is 0 Å². The molecule has 0 radical (unpaired) electrons. The van der Waals surface area contributed by atoms with Crippen LogP contribution in [0.1, 0.15) is 32.1 Å². The fraction of sp³-hybridized carbons (Fsp3) is 0.375. The van der Waals surface area contributed by atoms with E-state index >= 15 is 0 Å². The van der Waals surface area contributed by atoms with E-state index < -0.39 is 0 Å². The van der Waals surface area contributed by atoms with Gasteiger partial charge in [-0.25, -0.2) is 4.98 Å². The lowest BCUT2D eigenvalue weighted by Gasteiger charge is -2.23. The zero-order valence-corrected chi connectivity index (χ0v) is 12.5. The number of hydrogen-bond donors (Lipinski definition) is 3.